The van der Waals surface area contributed by atoms with E-state index in [1.807, 2.05) is 19.9 Å². The summed E-state index contributed by atoms with van der Waals surface area (Å²) >= 11 is 1.27. The van der Waals surface area contributed by atoms with Gasteiger partial charge in [0.05, 0.1) is 23.0 Å². The average molecular weight is 270 g/mol. The first-order valence-corrected chi connectivity index (χ1v) is 7.05. The first-order chi connectivity index (χ1) is 8.44. The van der Waals surface area contributed by atoms with Crippen molar-refractivity contribution in [3.63, 3.8) is 0 Å². The van der Waals surface area contributed by atoms with Gasteiger partial charge < -0.3 is 10.0 Å². The summed E-state index contributed by atoms with van der Waals surface area (Å²) in [5.41, 5.74) is -0.810. The number of rotatable bonds is 5. The third-order valence-corrected chi connectivity index (χ3v) is 4.36. The number of nitriles is 1. The Morgan fingerprint density at radius 3 is 2.67 bits per heavy atom. The summed E-state index contributed by atoms with van der Waals surface area (Å²) in [6.45, 7) is 4.54. The first-order valence-electron chi connectivity index (χ1n) is 5.90. The van der Waals surface area contributed by atoms with Gasteiger partial charge in [-0.05, 0) is 12.3 Å². The van der Waals surface area contributed by atoms with Crippen molar-refractivity contribution in [3.05, 3.63) is 0 Å². The van der Waals surface area contributed by atoms with E-state index in [9.17, 15) is 14.7 Å². The van der Waals surface area contributed by atoms with E-state index >= 15 is 0 Å². The minimum Gasteiger partial charge on any atom is -0.481 e. The molecule has 0 radical (unpaired) electrons. The Hall–Kier alpha value is -1.22. The molecule has 5 nitrogen and oxygen atoms in total. The Morgan fingerprint density at radius 1 is 1.56 bits per heavy atom. The van der Waals surface area contributed by atoms with Crippen molar-refractivity contribution in [1.82, 2.24) is 4.90 Å². The molecule has 6 heteroatoms. The van der Waals surface area contributed by atoms with Crippen LogP contribution in [-0.4, -0.2) is 46.5 Å². The first kappa shape index (κ1) is 14.8. The van der Waals surface area contributed by atoms with Crippen molar-refractivity contribution in [2.24, 2.45) is 11.3 Å². The van der Waals surface area contributed by atoms with Gasteiger partial charge in [0.25, 0.3) is 0 Å². The predicted molar refractivity (Wildman–Crippen MR) is 69.0 cm³/mol. The van der Waals surface area contributed by atoms with Gasteiger partial charge in [0.15, 0.2) is 0 Å². The van der Waals surface area contributed by atoms with Crippen LogP contribution in [0.5, 0.6) is 0 Å². The minimum atomic E-state index is -0.822. The maximum Gasteiger partial charge on any atom is 0.311 e. The van der Waals surface area contributed by atoms with Gasteiger partial charge in [0.1, 0.15) is 0 Å². The van der Waals surface area contributed by atoms with E-state index < -0.39 is 11.4 Å². The maximum atomic E-state index is 11.9. The molecule has 1 atom stereocenters. The van der Waals surface area contributed by atoms with E-state index in [-0.39, 0.29) is 29.9 Å². The zero-order chi connectivity index (χ0) is 13.8. The van der Waals surface area contributed by atoms with Crippen molar-refractivity contribution in [1.29, 1.82) is 5.26 Å². The Balaban J connectivity index is 2.62. The van der Waals surface area contributed by atoms with E-state index in [4.69, 9.17) is 5.26 Å². The molecule has 1 fully saturated rings. The third kappa shape index (κ3) is 2.96. The molecule has 1 saturated heterocycles. The molecule has 1 N–H and O–H groups in total. The molecule has 1 amide bonds. The Kier molecular flexibility index (Phi) is 5.03. The Morgan fingerprint density at radius 2 is 2.22 bits per heavy atom. The highest BCUT2D eigenvalue weighted by Gasteiger charge is 2.48. The quantitative estimate of drug-likeness (QED) is 0.759. The molecule has 1 unspecified atom stereocenters. The van der Waals surface area contributed by atoms with Gasteiger partial charge in [-0.1, -0.05) is 13.8 Å². The lowest BCUT2D eigenvalue weighted by Gasteiger charge is -2.28. The summed E-state index contributed by atoms with van der Waals surface area (Å²) in [5.74, 6) is -0.356. The summed E-state index contributed by atoms with van der Waals surface area (Å²) in [4.78, 5) is 24.9. The van der Waals surface area contributed by atoms with Gasteiger partial charge >= 0.3 is 5.97 Å². The molecule has 0 aliphatic carbocycles. The molecule has 18 heavy (non-hydrogen) atoms. The summed E-state index contributed by atoms with van der Waals surface area (Å²) in [7, 11) is 0. The second-order valence-electron chi connectivity index (χ2n) is 4.83. The van der Waals surface area contributed by atoms with Gasteiger partial charge in [-0.15, -0.1) is 11.8 Å². The van der Waals surface area contributed by atoms with Crippen LogP contribution in [0.1, 0.15) is 20.3 Å². The van der Waals surface area contributed by atoms with Crippen LogP contribution in [-0.2, 0) is 9.59 Å². The standard InChI is InChI=1S/C12H18N2O3S/c1-9(2)12(11(16)17)3-5-14(8-12)10(15)7-18-6-4-13/h9H,3,5-8H2,1-2H3,(H,16,17). The van der Waals surface area contributed by atoms with Gasteiger partial charge in [0.2, 0.25) is 5.91 Å². The molecule has 1 aliphatic heterocycles. The molecule has 0 bridgehead atoms. The van der Waals surface area contributed by atoms with Crippen molar-refractivity contribution < 1.29 is 14.7 Å². The van der Waals surface area contributed by atoms with Gasteiger partial charge in [-0.25, -0.2) is 0 Å². The molecular weight excluding hydrogens is 252 g/mol. The Bertz CT molecular complexity index is 378. The molecule has 0 aromatic heterocycles. The van der Waals surface area contributed by atoms with Crippen molar-refractivity contribution in [2.45, 2.75) is 20.3 Å². The molecule has 1 rings (SSSR count). The lowest BCUT2D eigenvalue weighted by atomic mass is 9.76. The van der Waals surface area contributed by atoms with Crippen LogP contribution in [0.2, 0.25) is 0 Å². The molecule has 1 heterocycles. The topological polar surface area (TPSA) is 81.4 Å². The third-order valence-electron chi connectivity index (χ3n) is 3.58. The van der Waals surface area contributed by atoms with Gasteiger partial charge in [-0.2, -0.15) is 5.26 Å². The fraction of sp³-hybridized carbons (Fsp3) is 0.750. The maximum absolute atomic E-state index is 11.9. The number of aliphatic carboxylic acids is 1. The van der Waals surface area contributed by atoms with Crippen LogP contribution >= 0.6 is 11.8 Å². The second kappa shape index (κ2) is 6.10. The van der Waals surface area contributed by atoms with E-state index in [1.165, 1.54) is 11.8 Å². The number of nitrogens with zero attached hydrogens (tertiary/aromatic N) is 2. The van der Waals surface area contributed by atoms with Crippen LogP contribution in [0.15, 0.2) is 0 Å². The number of thioether (sulfide) groups is 1. The zero-order valence-electron chi connectivity index (χ0n) is 10.7. The van der Waals surface area contributed by atoms with Crippen LogP contribution in [0, 0.1) is 22.7 Å². The van der Waals surface area contributed by atoms with E-state index in [0.717, 1.165) is 0 Å². The fourth-order valence-electron chi connectivity index (χ4n) is 2.21. The second-order valence-corrected chi connectivity index (χ2v) is 5.82. The summed E-state index contributed by atoms with van der Waals surface area (Å²) in [6, 6.07) is 1.96. The summed E-state index contributed by atoms with van der Waals surface area (Å²) in [6.07, 6.45) is 0.509. The van der Waals surface area contributed by atoms with E-state index in [1.54, 1.807) is 4.90 Å². The number of likely N-dealkylation sites (tertiary alicyclic amines) is 1. The largest absolute Gasteiger partial charge is 0.481 e. The highest BCUT2D eigenvalue weighted by Crippen LogP contribution is 2.38. The van der Waals surface area contributed by atoms with Crippen LogP contribution < -0.4 is 0 Å². The smallest absolute Gasteiger partial charge is 0.311 e. The molecule has 1 aliphatic rings. The van der Waals surface area contributed by atoms with Gasteiger partial charge in [-0.3, -0.25) is 9.59 Å². The highest BCUT2D eigenvalue weighted by molar-refractivity contribution is 8.00. The van der Waals surface area contributed by atoms with Crippen molar-refractivity contribution in [2.75, 3.05) is 24.6 Å². The molecule has 0 saturated carbocycles. The predicted octanol–water partition coefficient (Wildman–Crippen LogP) is 1.20. The fourth-order valence-corrected chi connectivity index (χ4v) is 2.76. The summed E-state index contributed by atoms with van der Waals surface area (Å²) < 4.78 is 0. The van der Waals surface area contributed by atoms with E-state index in [2.05, 4.69) is 0 Å². The Labute approximate surface area is 111 Å². The number of carbonyl (C=O) groups is 2. The number of carboxylic acids is 1. The number of carbonyl (C=O) groups excluding carboxylic acids is 1. The zero-order valence-corrected chi connectivity index (χ0v) is 11.5. The number of amides is 1. The monoisotopic (exact) mass is 270 g/mol. The molecule has 0 aromatic carbocycles. The molecular formula is C12H18N2O3S. The van der Waals surface area contributed by atoms with Crippen LogP contribution in [0.4, 0.5) is 0 Å². The lowest BCUT2D eigenvalue weighted by Crippen LogP contribution is -2.41. The SMILES string of the molecule is CC(C)C1(C(=O)O)CCN(C(=O)CSCC#N)C1. The molecule has 0 aromatic rings. The average Bonchev–Trinajstić information content (AvgIpc) is 2.75. The highest BCUT2D eigenvalue weighted by atomic mass is 32.2. The van der Waals surface area contributed by atoms with Crippen LogP contribution in [0.25, 0.3) is 0 Å². The summed E-state index contributed by atoms with van der Waals surface area (Å²) in [5, 5.41) is 17.8. The van der Waals surface area contributed by atoms with E-state index in [0.29, 0.717) is 13.0 Å². The lowest BCUT2D eigenvalue weighted by molar-refractivity contribution is -0.151. The van der Waals surface area contributed by atoms with Gasteiger partial charge in [0, 0.05) is 13.1 Å². The normalized spacial score (nSPS) is 23.1. The number of hydrogen-bond acceptors (Lipinski definition) is 4. The number of carboxylic acid groups (broad SMARTS) is 1. The van der Waals surface area contributed by atoms with Crippen LogP contribution in [0.3, 0.4) is 0 Å². The molecule has 0 spiro atoms. The minimum absolute atomic E-state index is 0.000406. The number of hydrogen-bond donors (Lipinski definition) is 1. The molecule has 100 valence electrons. The van der Waals surface area contributed by atoms with Crippen molar-refractivity contribution >= 4 is 23.6 Å². The van der Waals surface area contributed by atoms with Crippen molar-refractivity contribution in [3.8, 4) is 6.07 Å².